The van der Waals surface area contributed by atoms with E-state index in [4.69, 9.17) is 14.2 Å². The van der Waals surface area contributed by atoms with Gasteiger partial charge in [-0.25, -0.2) is 4.79 Å². The molecule has 0 radical (unpaired) electrons. The molecular formula is C37H36N2O7. The summed E-state index contributed by atoms with van der Waals surface area (Å²) in [5, 5.41) is 2.67. The molecule has 0 bridgehead atoms. The van der Waals surface area contributed by atoms with Crippen molar-refractivity contribution in [2.24, 2.45) is 5.92 Å². The summed E-state index contributed by atoms with van der Waals surface area (Å²) < 4.78 is 17.0. The van der Waals surface area contributed by atoms with Crippen molar-refractivity contribution in [3.8, 4) is 0 Å². The van der Waals surface area contributed by atoms with Gasteiger partial charge < -0.3 is 24.4 Å². The van der Waals surface area contributed by atoms with Crippen molar-refractivity contribution in [2.75, 3.05) is 4.90 Å². The average molecular weight is 621 g/mol. The molecule has 4 aromatic carbocycles. The maximum absolute atomic E-state index is 14.8. The Morgan fingerprint density at radius 1 is 0.696 bits per heavy atom. The van der Waals surface area contributed by atoms with E-state index in [0.29, 0.717) is 16.8 Å². The average Bonchev–Trinajstić information content (AvgIpc) is 3.26. The number of para-hydroxylation sites is 1. The van der Waals surface area contributed by atoms with Gasteiger partial charge in [-0.15, -0.1) is 0 Å². The van der Waals surface area contributed by atoms with Gasteiger partial charge in [0.15, 0.2) is 11.5 Å². The number of nitrogens with zero attached hydrogens (tertiary/aromatic N) is 1. The molecule has 1 aliphatic rings. The molecule has 1 atom stereocenters. The van der Waals surface area contributed by atoms with E-state index >= 15 is 0 Å². The highest BCUT2D eigenvalue weighted by molar-refractivity contribution is 6.15. The summed E-state index contributed by atoms with van der Waals surface area (Å²) in [5.41, 5.74) is -0.406. The minimum atomic E-state index is -2.25. The topological polar surface area (TPSA) is 111 Å². The fourth-order valence-electron chi connectivity index (χ4n) is 5.41. The lowest BCUT2D eigenvalue weighted by Gasteiger charge is -2.35. The molecule has 236 valence electrons. The number of nitrogens with one attached hydrogen (secondary N) is 1. The van der Waals surface area contributed by atoms with Gasteiger partial charge in [-0.1, -0.05) is 109 Å². The van der Waals surface area contributed by atoms with E-state index in [2.05, 4.69) is 5.32 Å². The minimum absolute atomic E-state index is 0.110. The van der Waals surface area contributed by atoms with E-state index in [1.165, 1.54) is 4.90 Å². The Hall–Kier alpha value is -5.44. The summed E-state index contributed by atoms with van der Waals surface area (Å²) >= 11 is 0. The van der Waals surface area contributed by atoms with Gasteiger partial charge in [0.25, 0.3) is 5.91 Å². The normalized spacial score (nSPS) is 15.7. The molecule has 1 N–H and O–H groups in total. The SMILES string of the molecule is CC(C)(C)OC(=O)N[C@@]1(C(C(=O)OCc2ccccc2)C(=O)OCc2ccccc2)C(=O)N(Cc2ccccc2)c2ccccc21. The molecule has 5 rings (SSSR count). The Balaban J connectivity index is 1.62. The van der Waals surface area contributed by atoms with Crippen LogP contribution in [0.2, 0.25) is 0 Å². The first-order valence-corrected chi connectivity index (χ1v) is 15.0. The summed E-state index contributed by atoms with van der Waals surface area (Å²) in [6.45, 7) is 4.78. The van der Waals surface area contributed by atoms with E-state index < -0.39 is 41.0 Å². The molecular weight excluding hydrogens is 584 g/mol. The summed E-state index contributed by atoms with van der Waals surface area (Å²) in [5.74, 6) is -4.71. The van der Waals surface area contributed by atoms with E-state index in [-0.39, 0.29) is 25.3 Å². The monoisotopic (exact) mass is 620 g/mol. The fraction of sp³-hybridized carbons (Fsp3) is 0.243. The molecule has 0 aromatic heterocycles. The molecule has 0 fully saturated rings. The first kappa shape index (κ1) is 32.0. The number of amides is 2. The van der Waals surface area contributed by atoms with Crippen molar-refractivity contribution in [2.45, 2.75) is 51.7 Å². The van der Waals surface area contributed by atoms with E-state index in [1.54, 1.807) is 93.6 Å². The Morgan fingerprint density at radius 2 is 1.15 bits per heavy atom. The van der Waals surface area contributed by atoms with Crippen molar-refractivity contribution in [3.05, 3.63) is 138 Å². The van der Waals surface area contributed by atoms with Gasteiger partial charge in [-0.2, -0.15) is 0 Å². The fourth-order valence-corrected chi connectivity index (χ4v) is 5.41. The van der Waals surface area contributed by atoms with E-state index in [9.17, 15) is 19.2 Å². The predicted molar refractivity (Wildman–Crippen MR) is 171 cm³/mol. The molecule has 4 aromatic rings. The van der Waals surface area contributed by atoms with Gasteiger partial charge in [0, 0.05) is 5.56 Å². The van der Waals surface area contributed by atoms with Crippen LogP contribution in [0.5, 0.6) is 0 Å². The Morgan fingerprint density at radius 3 is 1.65 bits per heavy atom. The summed E-state index contributed by atoms with van der Waals surface area (Å²) in [4.78, 5) is 58.1. The molecule has 46 heavy (non-hydrogen) atoms. The van der Waals surface area contributed by atoms with Crippen molar-refractivity contribution in [1.29, 1.82) is 0 Å². The number of esters is 2. The molecule has 1 aliphatic heterocycles. The van der Waals surface area contributed by atoms with Crippen LogP contribution in [0.4, 0.5) is 10.5 Å². The third kappa shape index (κ3) is 7.10. The van der Waals surface area contributed by atoms with Crippen LogP contribution in [0.25, 0.3) is 0 Å². The molecule has 0 saturated carbocycles. The maximum atomic E-state index is 14.8. The second-order valence-electron chi connectivity index (χ2n) is 11.9. The van der Waals surface area contributed by atoms with Crippen LogP contribution in [-0.4, -0.2) is 29.5 Å². The highest BCUT2D eigenvalue weighted by atomic mass is 16.6. The number of carbonyl (C=O) groups excluding carboxylic acids is 4. The summed E-state index contributed by atoms with van der Waals surface area (Å²) in [6, 6.07) is 33.9. The van der Waals surface area contributed by atoms with Crippen LogP contribution in [0.3, 0.4) is 0 Å². The van der Waals surface area contributed by atoms with Crippen molar-refractivity contribution >= 4 is 29.6 Å². The van der Waals surface area contributed by atoms with Gasteiger partial charge >= 0.3 is 18.0 Å². The van der Waals surface area contributed by atoms with Gasteiger partial charge in [0.2, 0.25) is 0 Å². The van der Waals surface area contributed by atoms with Gasteiger partial charge in [-0.3, -0.25) is 14.4 Å². The van der Waals surface area contributed by atoms with E-state index in [1.807, 2.05) is 42.5 Å². The van der Waals surface area contributed by atoms with Crippen molar-refractivity contribution < 1.29 is 33.4 Å². The number of hydrogen-bond acceptors (Lipinski definition) is 7. The lowest BCUT2D eigenvalue weighted by Crippen LogP contribution is -2.62. The van der Waals surface area contributed by atoms with Crippen LogP contribution >= 0.6 is 0 Å². The highest BCUT2D eigenvalue weighted by Crippen LogP contribution is 2.46. The zero-order valence-corrected chi connectivity index (χ0v) is 26.0. The summed E-state index contributed by atoms with van der Waals surface area (Å²) in [7, 11) is 0. The second-order valence-corrected chi connectivity index (χ2v) is 11.9. The maximum Gasteiger partial charge on any atom is 0.408 e. The third-order valence-electron chi connectivity index (χ3n) is 7.44. The molecule has 0 unspecified atom stereocenters. The zero-order valence-electron chi connectivity index (χ0n) is 26.0. The lowest BCUT2D eigenvalue weighted by atomic mass is 9.78. The van der Waals surface area contributed by atoms with Crippen LogP contribution in [0.1, 0.15) is 43.0 Å². The number of benzene rings is 4. The number of hydrogen-bond donors (Lipinski definition) is 1. The molecule has 1 heterocycles. The molecule has 9 nitrogen and oxygen atoms in total. The standard InChI is InChI=1S/C37H36N2O7/c1-36(2,3)46-35(43)38-37(29-21-13-14-22-30(29)39(34(37)42)23-26-15-7-4-8-16-26)31(32(40)44-24-27-17-9-5-10-18-27)33(41)45-25-28-19-11-6-12-20-28/h4-22,31H,23-25H2,1-3H3,(H,38,43)/t37-/m0/s1. The van der Waals surface area contributed by atoms with Crippen molar-refractivity contribution in [1.82, 2.24) is 5.32 Å². The van der Waals surface area contributed by atoms with Crippen LogP contribution in [-0.2, 0) is 53.9 Å². The molecule has 2 amide bonds. The second kappa shape index (κ2) is 13.7. The lowest BCUT2D eigenvalue weighted by molar-refractivity contribution is -0.170. The van der Waals surface area contributed by atoms with Crippen LogP contribution in [0, 0.1) is 5.92 Å². The number of rotatable bonds is 10. The van der Waals surface area contributed by atoms with Crippen LogP contribution in [0.15, 0.2) is 115 Å². The van der Waals surface area contributed by atoms with Gasteiger partial charge in [0.05, 0.1) is 12.2 Å². The number of fused-ring (bicyclic) bond motifs is 1. The minimum Gasteiger partial charge on any atom is -0.460 e. The van der Waals surface area contributed by atoms with Crippen molar-refractivity contribution in [3.63, 3.8) is 0 Å². The molecule has 0 aliphatic carbocycles. The Labute approximate surface area is 268 Å². The first-order chi connectivity index (χ1) is 22.1. The number of carbonyl (C=O) groups is 4. The molecule has 0 saturated heterocycles. The number of ether oxygens (including phenoxy) is 3. The molecule has 9 heteroatoms. The largest absolute Gasteiger partial charge is 0.460 e. The molecule has 0 spiro atoms. The third-order valence-corrected chi connectivity index (χ3v) is 7.44. The highest BCUT2D eigenvalue weighted by Gasteiger charge is 2.63. The smallest absolute Gasteiger partial charge is 0.408 e. The Bertz CT molecular complexity index is 1630. The quantitative estimate of drug-likeness (QED) is 0.130. The van der Waals surface area contributed by atoms with Gasteiger partial charge in [0.1, 0.15) is 18.8 Å². The van der Waals surface area contributed by atoms with Gasteiger partial charge in [-0.05, 0) is 43.5 Å². The van der Waals surface area contributed by atoms with E-state index in [0.717, 1.165) is 5.56 Å². The number of alkyl carbamates (subject to hydrolysis) is 1. The number of anilines is 1. The summed E-state index contributed by atoms with van der Waals surface area (Å²) in [6.07, 6.45) is -0.992. The zero-order chi connectivity index (χ0) is 32.7. The Kier molecular flexibility index (Phi) is 9.51. The van der Waals surface area contributed by atoms with Crippen LogP contribution < -0.4 is 10.2 Å². The predicted octanol–water partition coefficient (Wildman–Crippen LogP) is 6.06. The first-order valence-electron chi connectivity index (χ1n) is 15.0.